The highest BCUT2D eigenvalue weighted by Gasteiger charge is 2.29. The SMILES string of the molecule is Cn1cc(S(=O)(=O)N2CCCC2)cc1C(=O)Nc1cc(Cl)ccc1N1CCCCC1. The Kier molecular flexibility index (Phi) is 6.09. The molecule has 0 bridgehead atoms. The molecule has 3 heterocycles. The van der Waals surface area contributed by atoms with E-state index in [4.69, 9.17) is 11.6 Å². The first-order valence-electron chi connectivity index (χ1n) is 10.4. The van der Waals surface area contributed by atoms with Crippen LogP contribution in [0.2, 0.25) is 5.02 Å². The predicted octanol–water partition coefficient (Wildman–Crippen LogP) is 3.71. The van der Waals surface area contributed by atoms with Crippen LogP contribution in [-0.2, 0) is 17.1 Å². The Balaban J connectivity index is 1.59. The average Bonchev–Trinajstić information content (AvgIpc) is 3.39. The number of aromatic nitrogens is 1. The highest BCUT2D eigenvalue weighted by atomic mass is 35.5. The number of piperidine rings is 1. The molecule has 2 aliphatic rings. The Morgan fingerprint density at radius 2 is 1.67 bits per heavy atom. The molecular formula is C21H27ClN4O3S. The molecule has 1 N–H and O–H groups in total. The summed E-state index contributed by atoms with van der Waals surface area (Å²) in [5.74, 6) is -0.360. The van der Waals surface area contributed by atoms with Crippen molar-refractivity contribution in [2.45, 2.75) is 37.0 Å². The van der Waals surface area contributed by atoms with Crippen molar-refractivity contribution in [3.63, 3.8) is 0 Å². The monoisotopic (exact) mass is 450 g/mol. The lowest BCUT2D eigenvalue weighted by molar-refractivity contribution is 0.101. The Bertz CT molecular complexity index is 1040. The maximum Gasteiger partial charge on any atom is 0.272 e. The normalized spacial score (nSPS) is 18.0. The van der Waals surface area contributed by atoms with Gasteiger partial charge in [-0.05, 0) is 56.4 Å². The fourth-order valence-corrected chi connectivity index (χ4v) is 5.94. The fraction of sp³-hybridized carbons (Fsp3) is 0.476. The third-order valence-corrected chi connectivity index (χ3v) is 7.92. The summed E-state index contributed by atoms with van der Waals surface area (Å²) in [6.45, 7) is 2.93. The van der Waals surface area contributed by atoms with E-state index in [0.717, 1.165) is 44.5 Å². The van der Waals surface area contributed by atoms with Crippen molar-refractivity contribution in [3.8, 4) is 0 Å². The van der Waals surface area contributed by atoms with Crippen LogP contribution in [0.4, 0.5) is 11.4 Å². The zero-order valence-corrected chi connectivity index (χ0v) is 18.7. The largest absolute Gasteiger partial charge is 0.370 e. The maximum absolute atomic E-state index is 13.0. The second kappa shape index (κ2) is 8.61. The van der Waals surface area contributed by atoms with Crippen LogP contribution in [0.1, 0.15) is 42.6 Å². The summed E-state index contributed by atoms with van der Waals surface area (Å²) in [4.78, 5) is 15.4. The van der Waals surface area contributed by atoms with Crippen molar-refractivity contribution in [3.05, 3.63) is 41.2 Å². The summed E-state index contributed by atoms with van der Waals surface area (Å²) >= 11 is 6.19. The van der Waals surface area contributed by atoms with Crippen molar-refractivity contribution in [2.24, 2.45) is 7.05 Å². The summed E-state index contributed by atoms with van der Waals surface area (Å²) in [6.07, 6.45) is 6.69. The van der Waals surface area contributed by atoms with E-state index in [1.165, 1.54) is 23.0 Å². The van der Waals surface area contributed by atoms with Gasteiger partial charge in [0.2, 0.25) is 10.0 Å². The minimum absolute atomic E-state index is 0.152. The van der Waals surface area contributed by atoms with Gasteiger partial charge in [-0.3, -0.25) is 4.79 Å². The van der Waals surface area contributed by atoms with Gasteiger partial charge in [0, 0.05) is 44.4 Å². The molecular weight excluding hydrogens is 424 g/mol. The van der Waals surface area contributed by atoms with Crippen LogP contribution >= 0.6 is 11.6 Å². The van der Waals surface area contributed by atoms with E-state index in [0.29, 0.717) is 23.8 Å². The van der Waals surface area contributed by atoms with E-state index in [-0.39, 0.29) is 16.5 Å². The molecule has 30 heavy (non-hydrogen) atoms. The van der Waals surface area contributed by atoms with Gasteiger partial charge in [-0.25, -0.2) is 8.42 Å². The number of amides is 1. The molecule has 0 atom stereocenters. The number of anilines is 2. The topological polar surface area (TPSA) is 74.6 Å². The van der Waals surface area contributed by atoms with Crippen LogP contribution in [0, 0.1) is 0 Å². The minimum Gasteiger partial charge on any atom is -0.370 e. The second-order valence-electron chi connectivity index (χ2n) is 7.95. The maximum atomic E-state index is 13.0. The number of nitrogens with zero attached hydrogens (tertiary/aromatic N) is 3. The van der Waals surface area contributed by atoms with Gasteiger partial charge in [0.25, 0.3) is 5.91 Å². The van der Waals surface area contributed by atoms with Crippen molar-refractivity contribution in [2.75, 3.05) is 36.4 Å². The molecule has 7 nitrogen and oxygen atoms in total. The number of nitrogens with one attached hydrogen (secondary N) is 1. The Labute approximate surface area is 182 Å². The van der Waals surface area contributed by atoms with Gasteiger partial charge in [-0.15, -0.1) is 0 Å². The van der Waals surface area contributed by atoms with Gasteiger partial charge in [0.1, 0.15) is 10.6 Å². The summed E-state index contributed by atoms with van der Waals surface area (Å²) in [7, 11) is -1.89. The third kappa shape index (κ3) is 4.22. The molecule has 2 fully saturated rings. The standard InChI is InChI=1S/C21H27ClN4O3S/c1-24-15-17(30(28,29)26-11-5-6-12-26)14-20(24)21(27)23-18-13-16(22)7-8-19(18)25-9-3-2-4-10-25/h7-8,13-15H,2-6,9-12H2,1H3,(H,23,27). The van der Waals surface area contributed by atoms with Crippen molar-refractivity contribution in [1.29, 1.82) is 0 Å². The van der Waals surface area contributed by atoms with Gasteiger partial charge in [0.05, 0.1) is 11.4 Å². The Morgan fingerprint density at radius 1 is 1.00 bits per heavy atom. The molecule has 0 spiro atoms. The first kappa shape index (κ1) is 21.2. The van der Waals surface area contributed by atoms with Crippen LogP contribution in [0.5, 0.6) is 0 Å². The zero-order valence-electron chi connectivity index (χ0n) is 17.1. The first-order valence-corrected chi connectivity index (χ1v) is 12.2. The summed E-state index contributed by atoms with van der Waals surface area (Å²) in [5.41, 5.74) is 1.86. The summed E-state index contributed by atoms with van der Waals surface area (Å²) < 4.78 is 28.7. The third-order valence-electron chi connectivity index (χ3n) is 5.82. The van der Waals surface area contributed by atoms with Gasteiger partial charge >= 0.3 is 0 Å². The smallest absolute Gasteiger partial charge is 0.272 e. The highest BCUT2D eigenvalue weighted by Crippen LogP contribution is 2.32. The second-order valence-corrected chi connectivity index (χ2v) is 10.3. The molecule has 0 unspecified atom stereocenters. The van der Waals surface area contributed by atoms with Gasteiger partial charge in [0.15, 0.2) is 0 Å². The molecule has 0 saturated carbocycles. The molecule has 1 amide bonds. The number of hydrogen-bond donors (Lipinski definition) is 1. The van der Waals surface area contributed by atoms with Crippen molar-refractivity contribution < 1.29 is 13.2 Å². The van der Waals surface area contributed by atoms with Crippen molar-refractivity contribution >= 4 is 38.9 Å². The number of carbonyl (C=O) groups is 1. The van der Waals surface area contributed by atoms with E-state index in [1.807, 2.05) is 12.1 Å². The average molecular weight is 451 g/mol. The minimum atomic E-state index is -3.58. The highest BCUT2D eigenvalue weighted by molar-refractivity contribution is 7.89. The molecule has 162 valence electrons. The quantitative estimate of drug-likeness (QED) is 0.753. The lowest BCUT2D eigenvalue weighted by Crippen LogP contribution is -2.30. The number of aryl methyl sites for hydroxylation is 1. The van der Waals surface area contributed by atoms with Gasteiger partial charge < -0.3 is 14.8 Å². The molecule has 2 saturated heterocycles. The Hall–Kier alpha value is -2.03. The first-order chi connectivity index (χ1) is 14.4. The zero-order chi connectivity index (χ0) is 21.3. The number of halogens is 1. The van der Waals surface area contributed by atoms with Crippen LogP contribution in [0.25, 0.3) is 0 Å². The van der Waals surface area contributed by atoms with E-state index in [1.54, 1.807) is 17.7 Å². The number of rotatable bonds is 5. The van der Waals surface area contributed by atoms with E-state index < -0.39 is 10.0 Å². The van der Waals surface area contributed by atoms with Crippen LogP contribution in [-0.4, -0.2) is 49.4 Å². The molecule has 1 aromatic carbocycles. The molecule has 2 aliphatic heterocycles. The molecule has 0 aliphatic carbocycles. The van der Waals surface area contributed by atoms with Crippen LogP contribution in [0.15, 0.2) is 35.4 Å². The molecule has 0 radical (unpaired) electrons. The number of carbonyl (C=O) groups excluding carboxylic acids is 1. The lowest BCUT2D eigenvalue weighted by atomic mass is 10.1. The number of hydrogen-bond acceptors (Lipinski definition) is 4. The molecule has 2 aromatic rings. The van der Waals surface area contributed by atoms with Gasteiger partial charge in [-0.1, -0.05) is 11.6 Å². The van der Waals surface area contributed by atoms with E-state index in [9.17, 15) is 13.2 Å². The van der Waals surface area contributed by atoms with E-state index >= 15 is 0 Å². The number of benzene rings is 1. The van der Waals surface area contributed by atoms with Crippen LogP contribution in [0.3, 0.4) is 0 Å². The predicted molar refractivity (Wildman–Crippen MR) is 119 cm³/mol. The summed E-state index contributed by atoms with van der Waals surface area (Å²) in [5, 5.41) is 3.48. The molecule has 1 aromatic heterocycles. The molecule has 4 rings (SSSR count). The lowest BCUT2D eigenvalue weighted by Gasteiger charge is -2.30. The van der Waals surface area contributed by atoms with E-state index in [2.05, 4.69) is 10.2 Å². The van der Waals surface area contributed by atoms with Gasteiger partial charge in [-0.2, -0.15) is 4.31 Å². The Morgan fingerprint density at radius 3 is 2.37 bits per heavy atom. The fourth-order valence-electron chi connectivity index (χ4n) is 4.18. The van der Waals surface area contributed by atoms with Crippen LogP contribution < -0.4 is 10.2 Å². The number of sulfonamides is 1. The molecule has 9 heteroatoms. The summed E-state index contributed by atoms with van der Waals surface area (Å²) in [6, 6.07) is 6.95. The van der Waals surface area contributed by atoms with Crippen molar-refractivity contribution in [1.82, 2.24) is 8.87 Å².